The monoisotopic (exact) mass is 271 g/mol. The van der Waals surface area contributed by atoms with E-state index in [0.717, 1.165) is 0 Å². The molecule has 1 aromatic carbocycles. The van der Waals surface area contributed by atoms with E-state index in [-0.39, 0.29) is 59.1 Å². The molecule has 0 unspecified atom stereocenters. The van der Waals surface area contributed by atoms with Crippen molar-refractivity contribution in [3.8, 4) is 0 Å². The van der Waals surface area contributed by atoms with Crippen molar-refractivity contribution in [2.45, 2.75) is 0 Å². The molecule has 2 nitrogen and oxygen atoms in total. The number of benzene rings is 1. The van der Waals surface area contributed by atoms with Crippen molar-refractivity contribution < 1.29 is 63.4 Å². The van der Waals surface area contributed by atoms with Crippen molar-refractivity contribution >= 4 is 5.97 Å². The van der Waals surface area contributed by atoms with Crippen LogP contribution in [-0.2, 0) is 0 Å². The maximum atomic E-state index is 10.1. The molecule has 1 aromatic rings. The van der Waals surface area contributed by atoms with Gasteiger partial charge in [0, 0.05) is 0 Å². The van der Waals surface area contributed by atoms with E-state index in [0.29, 0.717) is 0 Å². The van der Waals surface area contributed by atoms with E-state index in [9.17, 15) is 9.90 Å². The van der Waals surface area contributed by atoms with Crippen LogP contribution in [0.2, 0.25) is 0 Å². The Bertz CT molecular complexity index is 213. The average molecular weight is 271 g/mol. The Morgan fingerprint density at radius 1 is 1.18 bits per heavy atom. The largest absolute Gasteiger partial charge is 1.00 e. The molecule has 4 heteroatoms. The molecule has 0 aromatic heterocycles. The van der Waals surface area contributed by atoms with Crippen LogP contribution in [0, 0.1) is 0 Å². The van der Waals surface area contributed by atoms with E-state index in [4.69, 9.17) is 0 Å². The average Bonchev–Trinajstić information content (AvgIpc) is 1.90. The Kier molecular flexibility index (Phi) is 9.01. The Morgan fingerprint density at radius 2 is 1.64 bits per heavy atom. The Balaban J connectivity index is 0. The molecular weight excluding hydrogens is 266 g/mol. The van der Waals surface area contributed by atoms with Gasteiger partial charge in [0.25, 0.3) is 0 Å². The van der Waals surface area contributed by atoms with Gasteiger partial charge in [-0.15, -0.1) is 0 Å². The molecule has 0 fully saturated rings. The zero-order valence-corrected chi connectivity index (χ0v) is 10.2. The summed E-state index contributed by atoms with van der Waals surface area (Å²) in [6.45, 7) is 0. The first kappa shape index (κ1) is 14.0. The summed E-state index contributed by atoms with van der Waals surface area (Å²) in [4.78, 5) is 10.1. The van der Waals surface area contributed by atoms with Crippen LogP contribution < -0.4 is 58.6 Å². The van der Waals surface area contributed by atoms with Crippen molar-refractivity contribution in [1.82, 2.24) is 0 Å². The van der Waals surface area contributed by atoms with Crippen LogP contribution in [-0.4, -0.2) is 5.97 Å². The second-order valence-corrected chi connectivity index (χ2v) is 1.65. The molecule has 0 N–H and O–H groups in total. The summed E-state index contributed by atoms with van der Waals surface area (Å²) in [6, 6.07) is 8.06. The fourth-order valence-corrected chi connectivity index (χ4v) is 0.574. The molecule has 54 valence electrons. The Morgan fingerprint density at radius 3 is 1.91 bits per heavy atom. The molecule has 0 atom stereocenters. The van der Waals surface area contributed by atoms with Crippen molar-refractivity contribution in [2.75, 3.05) is 0 Å². The van der Waals surface area contributed by atoms with Crippen molar-refractivity contribution in [3.63, 3.8) is 0 Å². The number of halogens is 1. The number of hydrogen-bond acceptors (Lipinski definition) is 2. The fraction of sp³-hybridized carbons (Fsp3) is 0. The minimum atomic E-state index is -1.13. The molecule has 0 aliphatic rings. The first-order chi connectivity index (χ1) is 4.30. The predicted octanol–water partition coefficient (Wildman–Crippen LogP) is -5.94. The Hall–Kier alpha value is 0.420. The maximum Gasteiger partial charge on any atom is 1.00 e. The minimum Gasteiger partial charge on any atom is -1.00 e. The summed E-state index contributed by atoms with van der Waals surface area (Å²) in [7, 11) is 0. The molecule has 0 amide bonds. The van der Waals surface area contributed by atoms with Gasteiger partial charge in [-0.25, -0.2) is 0 Å². The van der Waals surface area contributed by atoms with Gasteiger partial charge in [0.1, 0.15) is 0 Å². The maximum absolute atomic E-state index is 10.1. The standard InChI is InChI=1S/C7H6O2.HI.Na/c8-7(9)6-4-2-1-3-5-6;;/h1-5H,(H,8,9);1H;/q;;+1/p-2. The van der Waals surface area contributed by atoms with E-state index in [2.05, 4.69) is 0 Å². The molecule has 0 aliphatic heterocycles. The Labute approximate surface area is 104 Å². The number of carboxylic acids is 1. The van der Waals surface area contributed by atoms with Gasteiger partial charge in [-0.05, 0) is 5.56 Å². The minimum absolute atomic E-state index is 0. The van der Waals surface area contributed by atoms with Gasteiger partial charge < -0.3 is 33.9 Å². The van der Waals surface area contributed by atoms with Crippen LogP contribution in [0.4, 0.5) is 0 Å². The molecule has 0 aliphatic carbocycles. The molecule has 0 saturated carbocycles. The number of rotatable bonds is 1. The zero-order chi connectivity index (χ0) is 6.69. The van der Waals surface area contributed by atoms with E-state index in [1.165, 1.54) is 12.1 Å². The van der Waals surface area contributed by atoms with Gasteiger partial charge in [-0.2, -0.15) is 0 Å². The first-order valence-electron chi connectivity index (χ1n) is 2.57. The molecule has 0 spiro atoms. The van der Waals surface area contributed by atoms with Gasteiger partial charge in [-0.1, -0.05) is 30.3 Å². The first-order valence-corrected chi connectivity index (χ1v) is 2.57. The predicted molar refractivity (Wildman–Crippen MR) is 30.8 cm³/mol. The molecule has 0 heterocycles. The van der Waals surface area contributed by atoms with Crippen molar-refractivity contribution in [1.29, 1.82) is 0 Å². The van der Waals surface area contributed by atoms with Gasteiger partial charge in [0.05, 0.1) is 5.97 Å². The summed E-state index contributed by atoms with van der Waals surface area (Å²) in [5.74, 6) is -1.13. The normalized spacial score (nSPS) is 7.27. The molecule has 1 rings (SSSR count). The van der Waals surface area contributed by atoms with Crippen LogP contribution in [0.5, 0.6) is 0 Å². The van der Waals surface area contributed by atoms with Crippen LogP contribution in [0.3, 0.4) is 0 Å². The number of carboxylic acid groups (broad SMARTS) is 1. The van der Waals surface area contributed by atoms with E-state index in [1.54, 1.807) is 18.2 Å². The van der Waals surface area contributed by atoms with E-state index >= 15 is 0 Å². The van der Waals surface area contributed by atoms with E-state index < -0.39 is 5.97 Å². The van der Waals surface area contributed by atoms with Gasteiger partial charge >= 0.3 is 29.6 Å². The molecular formula is C7H5INaO2-. The van der Waals surface area contributed by atoms with Crippen LogP contribution in [0.1, 0.15) is 10.4 Å². The summed E-state index contributed by atoms with van der Waals surface area (Å²) < 4.78 is 0. The third-order valence-electron chi connectivity index (χ3n) is 1.01. The van der Waals surface area contributed by atoms with Crippen molar-refractivity contribution in [2.24, 2.45) is 0 Å². The third-order valence-corrected chi connectivity index (χ3v) is 1.01. The molecule has 0 bridgehead atoms. The van der Waals surface area contributed by atoms with E-state index in [1.807, 2.05) is 0 Å². The number of carbonyl (C=O) groups is 1. The number of aromatic carboxylic acids is 1. The summed E-state index contributed by atoms with van der Waals surface area (Å²) >= 11 is 0. The van der Waals surface area contributed by atoms with Gasteiger partial charge in [0.15, 0.2) is 0 Å². The van der Waals surface area contributed by atoms with Gasteiger partial charge in [-0.3, -0.25) is 0 Å². The van der Waals surface area contributed by atoms with Crippen LogP contribution in [0.15, 0.2) is 30.3 Å². The number of hydrogen-bond donors (Lipinski definition) is 0. The van der Waals surface area contributed by atoms with Crippen LogP contribution in [0.25, 0.3) is 0 Å². The smallest absolute Gasteiger partial charge is 1.00 e. The summed E-state index contributed by atoms with van der Waals surface area (Å²) in [6.07, 6.45) is 0. The van der Waals surface area contributed by atoms with Gasteiger partial charge in [0.2, 0.25) is 0 Å². The SMILES string of the molecule is O=C([O-])c1ccccc1.[I-].[Na+]. The third kappa shape index (κ3) is 4.79. The summed E-state index contributed by atoms with van der Waals surface area (Å²) in [5.41, 5.74) is 0.220. The second-order valence-electron chi connectivity index (χ2n) is 1.65. The van der Waals surface area contributed by atoms with Crippen molar-refractivity contribution in [3.05, 3.63) is 35.9 Å². The summed E-state index contributed by atoms with van der Waals surface area (Å²) in [5, 5.41) is 10.1. The molecule has 0 radical (unpaired) electrons. The topological polar surface area (TPSA) is 40.1 Å². The zero-order valence-electron chi connectivity index (χ0n) is 6.08. The van der Waals surface area contributed by atoms with Crippen LogP contribution >= 0.6 is 0 Å². The fourth-order valence-electron chi connectivity index (χ4n) is 0.574. The quantitative estimate of drug-likeness (QED) is 0.377. The molecule has 0 saturated heterocycles. The second kappa shape index (κ2) is 7.09. The molecule has 11 heavy (non-hydrogen) atoms. The number of carbonyl (C=O) groups excluding carboxylic acids is 1.